The zero-order valence-electron chi connectivity index (χ0n) is 12.1. The quantitative estimate of drug-likeness (QED) is 0.721. The van der Waals surface area contributed by atoms with Gasteiger partial charge in [-0.3, -0.25) is 0 Å². The van der Waals surface area contributed by atoms with Crippen molar-refractivity contribution in [1.82, 2.24) is 15.0 Å². The molecule has 1 atom stereocenters. The van der Waals surface area contributed by atoms with Crippen molar-refractivity contribution < 1.29 is 0 Å². The monoisotopic (exact) mass is 278 g/mol. The Morgan fingerprint density at radius 1 is 1.10 bits per heavy atom. The number of aromatic nitrogens is 3. The van der Waals surface area contributed by atoms with Gasteiger partial charge in [0.05, 0.1) is 11.6 Å². The van der Waals surface area contributed by atoms with E-state index in [9.17, 15) is 0 Å². The number of hydrogen-bond acceptors (Lipinski definition) is 3. The largest absolute Gasteiger partial charge is 0.371 e. The normalized spacial score (nSPS) is 18.0. The van der Waals surface area contributed by atoms with Crippen molar-refractivity contribution in [2.24, 2.45) is 0 Å². The minimum Gasteiger partial charge on any atom is -0.371 e. The fourth-order valence-electron chi connectivity index (χ4n) is 3.31. The van der Waals surface area contributed by atoms with Gasteiger partial charge in [-0.25, -0.2) is 4.68 Å². The van der Waals surface area contributed by atoms with E-state index < -0.39 is 0 Å². The van der Waals surface area contributed by atoms with Gasteiger partial charge in [0.1, 0.15) is 5.52 Å². The zero-order chi connectivity index (χ0) is 14.2. The minimum absolute atomic E-state index is 0.274. The van der Waals surface area contributed by atoms with Gasteiger partial charge in [0, 0.05) is 24.3 Å². The Labute approximate surface area is 124 Å². The van der Waals surface area contributed by atoms with Crippen molar-refractivity contribution >= 4 is 16.7 Å². The fourth-order valence-corrected chi connectivity index (χ4v) is 3.31. The predicted molar refractivity (Wildman–Crippen MR) is 84.6 cm³/mol. The van der Waals surface area contributed by atoms with Gasteiger partial charge < -0.3 is 4.90 Å². The lowest BCUT2D eigenvalue weighted by Gasteiger charge is -2.35. The molecule has 0 spiro atoms. The van der Waals surface area contributed by atoms with E-state index in [0.717, 1.165) is 30.5 Å². The Hall–Kier alpha value is -2.36. The number of anilines is 1. The van der Waals surface area contributed by atoms with Crippen molar-refractivity contribution in [3.8, 4) is 0 Å². The highest BCUT2D eigenvalue weighted by Crippen LogP contribution is 2.36. The molecule has 4 rings (SSSR count). The maximum Gasteiger partial charge on any atom is 0.113 e. The van der Waals surface area contributed by atoms with Crippen LogP contribution in [0.4, 0.5) is 5.69 Å². The lowest BCUT2D eigenvalue weighted by Crippen LogP contribution is -2.33. The fraction of sp³-hybridized carbons (Fsp3) is 0.294. The second-order valence-corrected chi connectivity index (χ2v) is 5.47. The first kappa shape index (κ1) is 12.4. The number of hydrogen-bond donors (Lipinski definition) is 0. The molecule has 0 amide bonds. The van der Waals surface area contributed by atoms with Crippen molar-refractivity contribution in [3.05, 3.63) is 54.1 Å². The molecule has 0 saturated carbocycles. The van der Waals surface area contributed by atoms with Crippen LogP contribution in [-0.2, 0) is 0 Å². The Kier molecular flexibility index (Phi) is 2.88. The summed E-state index contributed by atoms with van der Waals surface area (Å²) >= 11 is 0. The second kappa shape index (κ2) is 4.88. The Morgan fingerprint density at radius 3 is 2.81 bits per heavy atom. The van der Waals surface area contributed by atoms with Crippen LogP contribution in [0.3, 0.4) is 0 Å². The van der Waals surface area contributed by atoms with Gasteiger partial charge in [-0.15, -0.1) is 5.10 Å². The minimum atomic E-state index is 0.274. The van der Waals surface area contributed by atoms with Crippen LogP contribution < -0.4 is 4.90 Å². The van der Waals surface area contributed by atoms with Crippen molar-refractivity contribution in [3.63, 3.8) is 0 Å². The standard InChI is InChI=1S/C17H18N4/c1-2-20-12-11-16(13-7-3-5-9-15(13)20)21-17-10-6-4-8-14(17)18-19-21/h3-10,16H,2,11-12H2,1H3. The third-order valence-electron chi connectivity index (χ3n) is 4.36. The third-order valence-corrected chi connectivity index (χ3v) is 4.36. The molecule has 2 aromatic carbocycles. The molecule has 1 aliphatic heterocycles. The zero-order valence-corrected chi connectivity index (χ0v) is 12.1. The molecule has 106 valence electrons. The molecule has 2 heterocycles. The maximum atomic E-state index is 4.42. The van der Waals surface area contributed by atoms with Crippen molar-refractivity contribution in [1.29, 1.82) is 0 Å². The molecule has 0 N–H and O–H groups in total. The van der Waals surface area contributed by atoms with Crippen LogP contribution in [0.5, 0.6) is 0 Å². The SMILES string of the molecule is CCN1CCC(n2nnc3ccccc32)c2ccccc21. The molecule has 1 aliphatic rings. The van der Waals surface area contributed by atoms with E-state index in [1.165, 1.54) is 11.3 Å². The second-order valence-electron chi connectivity index (χ2n) is 5.47. The van der Waals surface area contributed by atoms with Gasteiger partial charge in [-0.1, -0.05) is 35.5 Å². The van der Waals surface area contributed by atoms with E-state index in [2.05, 4.69) is 63.2 Å². The average Bonchev–Trinajstić information content (AvgIpc) is 2.98. The molecule has 3 aromatic rings. The summed E-state index contributed by atoms with van der Waals surface area (Å²) in [6.45, 7) is 4.32. The smallest absolute Gasteiger partial charge is 0.113 e. The van der Waals surface area contributed by atoms with Gasteiger partial charge >= 0.3 is 0 Å². The van der Waals surface area contributed by atoms with E-state index >= 15 is 0 Å². The van der Waals surface area contributed by atoms with Crippen LogP contribution in [0.1, 0.15) is 24.9 Å². The van der Waals surface area contributed by atoms with E-state index in [0.29, 0.717) is 0 Å². The molecule has 4 heteroatoms. The molecular weight excluding hydrogens is 260 g/mol. The highest BCUT2D eigenvalue weighted by atomic mass is 15.4. The van der Waals surface area contributed by atoms with E-state index in [4.69, 9.17) is 0 Å². The van der Waals surface area contributed by atoms with Crippen molar-refractivity contribution in [2.75, 3.05) is 18.0 Å². The summed E-state index contributed by atoms with van der Waals surface area (Å²) in [4.78, 5) is 2.44. The molecule has 0 saturated heterocycles. The Morgan fingerprint density at radius 2 is 1.90 bits per heavy atom. The molecule has 0 aliphatic carbocycles. The average molecular weight is 278 g/mol. The van der Waals surface area contributed by atoms with Crippen LogP contribution in [0.15, 0.2) is 48.5 Å². The lowest BCUT2D eigenvalue weighted by molar-refractivity contribution is 0.470. The molecule has 0 bridgehead atoms. The van der Waals surface area contributed by atoms with Crippen LogP contribution in [0, 0.1) is 0 Å². The van der Waals surface area contributed by atoms with Gasteiger partial charge in [0.2, 0.25) is 0 Å². The highest BCUT2D eigenvalue weighted by Gasteiger charge is 2.27. The highest BCUT2D eigenvalue weighted by molar-refractivity contribution is 5.74. The van der Waals surface area contributed by atoms with E-state index in [1.54, 1.807) is 0 Å². The number of fused-ring (bicyclic) bond motifs is 2. The summed E-state index contributed by atoms with van der Waals surface area (Å²) < 4.78 is 2.08. The molecule has 0 radical (unpaired) electrons. The summed E-state index contributed by atoms with van der Waals surface area (Å²) in [6.07, 6.45) is 1.07. The summed E-state index contributed by atoms with van der Waals surface area (Å²) in [6, 6.07) is 17.1. The lowest BCUT2D eigenvalue weighted by atomic mass is 9.96. The summed E-state index contributed by atoms with van der Waals surface area (Å²) in [5.74, 6) is 0. The molecule has 4 nitrogen and oxygen atoms in total. The van der Waals surface area contributed by atoms with Crippen molar-refractivity contribution in [2.45, 2.75) is 19.4 Å². The topological polar surface area (TPSA) is 34.0 Å². The van der Waals surface area contributed by atoms with Gasteiger partial charge in [-0.2, -0.15) is 0 Å². The van der Waals surface area contributed by atoms with E-state index in [1.807, 2.05) is 12.1 Å². The number of rotatable bonds is 2. The first-order valence-electron chi connectivity index (χ1n) is 7.52. The number of para-hydroxylation sites is 2. The number of nitrogens with zero attached hydrogens (tertiary/aromatic N) is 4. The summed E-state index contributed by atoms with van der Waals surface area (Å²) in [5.41, 5.74) is 4.76. The van der Waals surface area contributed by atoms with E-state index in [-0.39, 0.29) is 6.04 Å². The number of benzene rings is 2. The molecule has 21 heavy (non-hydrogen) atoms. The van der Waals surface area contributed by atoms with Gasteiger partial charge in [-0.05, 0) is 31.5 Å². The van der Waals surface area contributed by atoms with Crippen LogP contribution in [-0.4, -0.2) is 28.1 Å². The van der Waals surface area contributed by atoms with Crippen LogP contribution in [0.25, 0.3) is 11.0 Å². The van der Waals surface area contributed by atoms with Gasteiger partial charge in [0.25, 0.3) is 0 Å². The predicted octanol–water partition coefficient (Wildman–Crippen LogP) is 3.25. The summed E-state index contributed by atoms with van der Waals surface area (Å²) in [7, 11) is 0. The summed E-state index contributed by atoms with van der Waals surface area (Å²) in [5, 5.41) is 8.72. The first-order chi connectivity index (χ1) is 10.4. The maximum absolute atomic E-state index is 4.42. The first-order valence-corrected chi connectivity index (χ1v) is 7.52. The molecule has 1 aromatic heterocycles. The molecular formula is C17H18N4. The van der Waals surface area contributed by atoms with Gasteiger partial charge in [0.15, 0.2) is 0 Å². The van der Waals surface area contributed by atoms with Crippen LogP contribution in [0.2, 0.25) is 0 Å². The third kappa shape index (κ3) is 1.90. The Balaban J connectivity index is 1.86. The van der Waals surface area contributed by atoms with Crippen LogP contribution >= 0.6 is 0 Å². The molecule has 1 unspecified atom stereocenters. The Bertz CT molecular complexity index is 777. The molecule has 0 fully saturated rings.